The molecule has 82 valence electrons. The van der Waals surface area contributed by atoms with Gasteiger partial charge in [-0.15, -0.1) is 16.9 Å². The molecule has 0 unspecified atom stereocenters. The molecule has 0 saturated heterocycles. The fourth-order valence-corrected chi connectivity index (χ4v) is 2.06. The van der Waals surface area contributed by atoms with Crippen molar-refractivity contribution in [2.75, 3.05) is 5.75 Å². The normalized spacial score (nSPS) is 10.4. The maximum Gasteiger partial charge on any atom is 0.183 e. The lowest BCUT2D eigenvalue weighted by molar-refractivity contribution is 0.980. The van der Waals surface area contributed by atoms with Crippen LogP contribution in [-0.2, 0) is 0 Å². The molecule has 0 aliphatic carbocycles. The van der Waals surface area contributed by atoms with Gasteiger partial charge < -0.3 is 0 Å². The lowest BCUT2D eigenvalue weighted by Crippen LogP contribution is -1.91. The molecule has 1 aromatic heterocycles. The lowest BCUT2D eigenvalue weighted by atomic mass is 10.2. The Balaban J connectivity index is 2.27. The number of rotatable bonds is 3. The topological polar surface area (TPSA) is 38.7 Å². The molecular formula is C11H10ClN3S. The minimum Gasteiger partial charge on any atom is -0.213 e. The van der Waals surface area contributed by atoms with Crippen LogP contribution in [0.15, 0.2) is 35.4 Å². The Hall–Kier alpha value is -1.13. The molecule has 5 heteroatoms. The van der Waals surface area contributed by atoms with Gasteiger partial charge in [-0.05, 0) is 17.9 Å². The minimum atomic E-state index is 0.358. The van der Waals surface area contributed by atoms with Gasteiger partial charge in [0, 0.05) is 10.5 Å². The number of halogens is 1. The summed E-state index contributed by atoms with van der Waals surface area (Å²) in [5, 5.41) is 8.06. The second-order valence-corrected chi connectivity index (χ2v) is 4.78. The maximum absolute atomic E-state index is 5.76. The van der Waals surface area contributed by atoms with Gasteiger partial charge in [0.05, 0.1) is 6.20 Å². The van der Waals surface area contributed by atoms with E-state index in [1.165, 1.54) is 11.1 Å². The van der Waals surface area contributed by atoms with Gasteiger partial charge in [-0.1, -0.05) is 30.7 Å². The Morgan fingerprint density at radius 1 is 1.25 bits per heavy atom. The first kappa shape index (κ1) is 11.4. The predicted octanol–water partition coefficient (Wildman–Crippen LogP) is 3.30. The number of benzene rings is 1. The Labute approximate surface area is 103 Å². The van der Waals surface area contributed by atoms with Gasteiger partial charge in [-0.25, -0.2) is 4.98 Å². The van der Waals surface area contributed by atoms with Crippen molar-refractivity contribution in [2.45, 2.75) is 11.8 Å². The van der Waals surface area contributed by atoms with Crippen LogP contribution in [0.1, 0.15) is 6.92 Å². The number of nitrogens with zero attached hydrogens (tertiary/aromatic N) is 3. The van der Waals surface area contributed by atoms with Crippen LogP contribution in [0.4, 0.5) is 0 Å². The van der Waals surface area contributed by atoms with E-state index < -0.39 is 0 Å². The van der Waals surface area contributed by atoms with Crippen LogP contribution in [0.25, 0.3) is 11.4 Å². The minimum absolute atomic E-state index is 0.358. The zero-order chi connectivity index (χ0) is 11.4. The summed E-state index contributed by atoms with van der Waals surface area (Å²) in [5.41, 5.74) is 0.926. The van der Waals surface area contributed by atoms with E-state index in [2.05, 4.69) is 22.1 Å². The van der Waals surface area contributed by atoms with E-state index in [1.54, 1.807) is 11.8 Å². The molecule has 0 radical (unpaired) electrons. The molecule has 0 amide bonds. The molecule has 0 N–H and O–H groups in total. The number of hydrogen-bond acceptors (Lipinski definition) is 4. The number of thioether (sulfide) groups is 1. The summed E-state index contributed by atoms with van der Waals surface area (Å²) in [5.74, 6) is 1.62. The van der Waals surface area contributed by atoms with E-state index in [0.29, 0.717) is 11.0 Å². The van der Waals surface area contributed by atoms with Crippen molar-refractivity contribution in [2.24, 2.45) is 0 Å². The molecule has 0 aliphatic heterocycles. The van der Waals surface area contributed by atoms with E-state index >= 15 is 0 Å². The quantitative estimate of drug-likeness (QED) is 0.785. The van der Waals surface area contributed by atoms with Crippen molar-refractivity contribution in [3.63, 3.8) is 0 Å². The van der Waals surface area contributed by atoms with Gasteiger partial charge >= 0.3 is 0 Å². The molecule has 0 bridgehead atoms. The zero-order valence-electron chi connectivity index (χ0n) is 8.72. The van der Waals surface area contributed by atoms with Gasteiger partial charge in [0.1, 0.15) is 0 Å². The highest BCUT2D eigenvalue weighted by Crippen LogP contribution is 2.21. The van der Waals surface area contributed by atoms with Gasteiger partial charge in [0.25, 0.3) is 0 Å². The molecule has 2 aromatic rings. The summed E-state index contributed by atoms with van der Waals surface area (Å²) >= 11 is 7.56. The van der Waals surface area contributed by atoms with Crippen molar-refractivity contribution in [3.05, 3.63) is 35.6 Å². The summed E-state index contributed by atoms with van der Waals surface area (Å²) in [6.07, 6.45) is 1.42. The number of hydrogen-bond donors (Lipinski definition) is 0. The number of aromatic nitrogens is 3. The summed E-state index contributed by atoms with van der Waals surface area (Å²) < 4.78 is 0. The van der Waals surface area contributed by atoms with Gasteiger partial charge in [0.2, 0.25) is 0 Å². The third-order valence-corrected chi connectivity index (χ3v) is 3.03. The Morgan fingerprint density at radius 2 is 2.00 bits per heavy atom. The largest absolute Gasteiger partial charge is 0.213 e. The second-order valence-electron chi connectivity index (χ2n) is 3.06. The van der Waals surface area contributed by atoms with E-state index in [4.69, 9.17) is 11.6 Å². The molecule has 0 saturated carbocycles. The van der Waals surface area contributed by atoms with Crippen LogP contribution in [0, 0.1) is 0 Å². The molecule has 1 heterocycles. The molecular weight excluding hydrogens is 242 g/mol. The molecule has 0 aliphatic rings. The highest BCUT2D eigenvalue weighted by atomic mass is 35.5. The standard InChI is InChI=1S/C11H10ClN3S/c1-2-16-9-5-3-8(4-6-9)11-14-10(12)7-13-15-11/h3-7H,2H2,1H3. The summed E-state index contributed by atoms with van der Waals surface area (Å²) in [6.45, 7) is 2.13. The van der Waals surface area contributed by atoms with Crippen LogP contribution in [0.2, 0.25) is 5.15 Å². The SMILES string of the molecule is CCSc1ccc(-c2nncc(Cl)n2)cc1. The first-order valence-corrected chi connectivity index (χ1v) is 6.24. The summed E-state index contributed by atoms with van der Waals surface area (Å²) in [4.78, 5) is 5.34. The summed E-state index contributed by atoms with van der Waals surface area (Å²) in [7, 11) is 0. The highest BCUT2D eigenvalue weighted by molar-refractivity contribution is 7.99. The molecule has 2 rings (SSSR count). The fourth-order valence-electron chi connectivity index (χ4n) is 1.27. The van der Waals surface area contributed by atoms with Gasteiger partial charge in [0.15, 0.2) is 11.0 Å². The van der Waals surface area contributed by atoms with Crippen LogP contribution in [-0.4, -0.2) is 20.9 Å². The van der Waals surface area contributed by atoms with E-state index in [1.807, 2.05) is 24.3 Å². The van der Waals surface area contributed by atoms with E-state index in [0.717, 1.165) is 11.3 Å². The van der Waals surface area contributed by atoms with Gasteiger partial charge in [-0.3, -0.25) is 0 Å². The van der Waals surface area contributed by atoms with Crippen LogP contribution < -0.4 is 0 Å². The van der Waals surface area contributed by atoms with Crippen molar-refractivity contribution in [3.8, 4) is 11.4 Å². The monoisotopic (exact) mass is 251 g/mol. The first-order valence-electron chi connectivity index (χ1n) is 4.88. The maximum atomic E-state index is 5.76. The van der Waals surface area contributed by atoms with E-state index in [-0.39, 0.29) is 0 Å². The molecule has 0 atom stereocenters. The van der Waals surface area contributed by atoms with Crippen molar-refractivity contribution in [1.82, 2.24) is 15.2 Å². The predicted molar refractivity (Wildman–Crippen MR) is 66.7 cm³/mol. The van der Waals surface area contributed by atoms with Crippen molar-refractivity contribution >= 4 is 23.4 Å². The zero-order valence-corrected chi connectivity index (χ0v) is 10.3. The van der Waals surface area contributed by atoms with Crippen molar-refractivity contribution < 1.29 is 0 Å². The Bertz CT molecular complexity index is 473. The highest BCUT2D eigenvalue weighted by Gasteiger charge is 2.02. The second kappa shape index (κ2) is 5.27. The fraction of sp³-hybridized carbons (Fsp3) is 0.182. The first-order chi connectivity index (χ1) is 7.79. The lowest BCUT2D eigenvalue weighted by Gasteiger charge is -2.01. The third-order valence-electron chi connectivity index (χ3n) is 1.95. The van der Waals surface area contributed by atoms with Crippen molar-refractivity contribution in [1.29, 1.82) is 0 Å². The molecule has 0 spiro atoms. The van der Waals surface area contributed by atoms with Crippen LogP contribution in [0.3, 0.4) is 0 Å². The van der Waals surface area contributed by atoms with E-state index in [9.17, 15) is 0 Å². The molecule has 16 heavy (non-hydrogen) atoms. The Morgan fingerprint density at radius 3 is 2.62 bits per heavy atom. The third kappa shape index (κ3) is 2.71. The van der Waals surface area contributed by atoms with Crippen LogP contribution >= 0.6 is 23.4 Å². The Kier molecular flexibility index (Phi) is 3.74. The molecule has 3 nitrogen and oxygen atoms in total. The smallest absolute Gasteiger partial charge is 0.183 e. The molecule has 1 aromatic carbocycles. The average Bonchev–Trinajstić information content (AvgIpc) is 2.30. The summed E-state index contributed by atoms with van der Waals surface area (Å²) in [6, 6.07) is 8.05. The van der Waals surface area contributed by atoms with Gasteiger partial charge in [-0.2, -0.15) is 5.10 Å². The molecule has 0 fully saturated rings. The van der Waals surface area contributed by atoms with Crippen LogP contribution in [0.5, 0.6) is 0 Å². The average molecular weight is 252 g/mol.